The predicted molar refractivity (Wildman–Crippen MR) is 110 cm³/mol. The van der Waals surface area contributed by atoms with Gasteiger partial charge in [0.05, 0.1) is 6.61 Å². The van der Waals surface area contributed by atoms with Crippen LogP contribution in [0.5, 0.6) is 0 Å². The van der Waals surface area contributed by atoms with E-state index in [2.05, 4.69) is 39.2 Å². The van der Waals surface area contributed by atoms with Gasteiger partial charge in [-0.1, -0.05) is 0 Å². The Bertz CT molecular complexity index is 607. The van der Waals surface area contributed by atoms with E-state index in [1.807, 2.05) is 18.5 Å². The van der Waals surface area contributed by atoms with Gasteiger partial charge in [-0.3, -0.25) is 4.90 Å². The average molecular weight is 396 g/mol. The minimum atomic E-state index is 0.432. The number of aromatic nitrogens is 3. The van der Waals surface area contributed by atoms with Crippen LogP contribution in [0.4, 0.5) is 0 Å². The van der Waals surface area contributed by atoms with E-state index >= 15 is 0 Å². The number of rotatable bonds is 9. The molecule has 1 saturated heterocycles. The fourth-order valence-corrected chi connectivity index (χ4v) is 3.59. The number of piperazine rings is 1. The molecule has 28 heavy (non-hydrogen) atoms. The summed E-state index contributed by atoms with van der Waals surface area (Å²) in [6.07, 6.45) is 0.942. The molecule has 1 aromatic rings. The Morgan fingerprint density at radius 1 is 1.14 bits per heavy atom. The Morgan fingerprint density at radius 3 is 2.39 bits per heavy atom. The smallest absolute Gasteiger partial charge is 0.194 e. The number of aryl methyl sites for hydroxylation is 1. The maximum Gasteiger partial charge on any atom is 0.194 e. The molecule has 9 nitrogen and oxygen atoms in total. The number of aliphatic imine (C=N–C) groups is 1. The molecule has 2 atom stereocenters. The van der Waals surface area contributed by atoms with Crippen molar-refractivity contribution in [1.82, 2.24) is 29.9 Å². The van der Waals surface area contributed by atoms with Crippen LogP contribution < -0.4 is 5.32 Å². The van der Waals surface area contributed by atoms with E-state index in [0.717, 1.165) is 63.4 Å². The zero-order chi connectivity index (χ0) is 20.5. The topological polar surface area (TPSA) is 80.0 Å². The number of hydrogen-bond donors (Lipinski definition) is 1. The summed E-state index contributed by atoms with van der Waals surface area (Å²) in [5.74, 6) is 2.70. The molecule has 0 saturated carbocycles. The third kappa shape index (κ3) is 6.15. The van der Waals surface area contributed by atoms with Gasteiger partial charge in [-0.25, -0.2) is 4.99 Å². The molecule has 1 fully saturated rings. The highest BCUT2D eigenvalue weighted by Gasteiger charge is 2.30. The number of nitrogens with zero attached hydrogens (tertiary/aromatic N) is 6. The highest BCUT2D eigenvalue weighted by atomic mass is 16.5. The summed E-state index contributed by atoms with van der Waals surface area (Å²) in [7, 11) is 5.47. The van der Waals surface area contributed by atoms with E-state index in [-0.39, 0.29) is 0 Å². The summed E-state index contributed by atoms with van der Waals surface area (Å²) in [5.41, 5.74) is 0. The minimum Gasteiger partial charge on any atom is -0.385 e. The van der Waals surface area contributed by atoms with Gasteiger partial charge < -0.3 is 24.3 Å². The number of ether oxygens (including phenoxy) is 2. The lowest BCUT2D eigenvalue weighted by Crippen LogP contribution is -2.60. The highest BCUT2D eigenvalue weighted by Crippen LogP contribution is 2.16. The van der Waals surface area contributed by atoms with Crippen LogP contribution in [0.3, 0.4) is 0 Å². The van der Waals surface area contributed by atoms with Crippen molar-refractivity contribution in [2.45, 2.75) is 45.8 Å². The molecule has 0 radical (unpaired) electrons. The highest BCUT2D eigenvalue weighted by molar-refractivity contribution is 5.80. The van der Waals surface area contributed by atoms with Crippen LogP contribution in [0.25, 0.3) is 0 Å². The SMILES string of the molecule is COCCCNC(=NCc1nnc(C)n1C)N1CC(C)N(CCOC)C(C)C1. The molecule has 1 aromatic heterocycles. The van der Waals surface area contributed by atoms with Gasteiger partial charge in [0.1, 0.15) is 12.4 Å². The molecule has 1 N–H and O–H groups in total. The third-order valence-corrected chi connectivity index (χ3v) is 5.32. The van der Waals surface area contributed by atoms with Crippen LogP contribution in [-0.2, 0) is 23.1 Å². The van der Waals surface area contributed by atoms with Gasteiger partial charge in [0.15, 0.2) is 11.8 Å². The monoisotopic (exact) mass is 395 g/mol. The van der Waals surface area contributed by atoms with Crippen molar-refractivity contribution in [3.8, 4) is 0 Å². The standard InChI is InChI=1S/C19H37N7O2/c1-15-13-25(14-16(2)26(15)9-11-28-6)19(20-8-7-10-27-5)21-12-18-23-22-17(3)24(18)4/h15-16H,7-14H2,1-6H3,(H,20,21). The molecule has 0 spiro atoms. The number of guanidine groups is 1. The van der Waals surface area contributed by atoms with Gasteiger partial charge in [-0.05, 0) is 27.2 Å². The minimum absolute atomic E-state index is 0.432. The Kier molecular flexibility index (Phi) is 9.14. The van der Waals surface area contributed by atoms with Crippen molar-refractivity contribution < 1.29 is 9.47 Å². The first-order chi connectivity index (χ1) is 13.5. The van der Waals surface area contributed by atoms with Gasteiger partial charge in [0.25, 0.3) is 0 Å². The molecule has 2 heterocycles. The lowest BCUT2D eigenvalue weighted by atomic mass is 10.1. The second-order valence-electron chi connectivity index (χ2n) is 7.47. The maximum atomic E-state index is 5.27. The fraction of sp³-hybridized carbons (Fsp3) is 0.842. The van der Waals surface area contributed by atoms with Crippen LogP contribution in [0.15, 0.2) is 4.99 Å². The van der Waals surface area contributed by atoms with Crippen LogP contribution in [0.2, 0.25) is 0 Å². The molecular weight excluding hydrogens is 358 g/mol. The van der Waals surface area contributed by atoms with Crippen molar-refractivity contribution in [1.29, 1.82) is 0 Å². The van der Waals surface area contributed by atoms with Crippen LogP contribution >= 0.6 is 0 Å². The average Bonchev–Trinajstić information content (AvgIpc) is 2.99. The van der Waals surface area contributed by atoms with Gasteiger partial charge in [-0.2, -0.15) is 0 Å². The third-order valence-electron chi connectivity index (χ3n) is 5.32. The van der Waals surface area contributed by atoms with E-state index in [9.17, 15) is 0 Å². The first-order valence-electron chi connectivity index (χ1n) is 10.1. The van der Waals surface area contributed by atoms with Gasteiger partial charge in [0.2, 0.25) is 0 Å². The molecular formula is C19H37N7O2. The van der Waals surface area contributed by atoms with Crippen LogP contribution in [0.1, 0.15) is 31.9 Å². The number of hydrogen-bond acceptors (Lipinski definition) is 6. The lowest BCUT2D eigenvalue weighted by molar-refractivity contribution is 0.0443. The summed E-state index contributed by atoms with van der Waals surface area (Å²) in [4.78, 5) is 9.73. The fourth-order valence-electron chi connectivity index (χ4n) is 3.59. The van der Waals surface area contributed by atoms with Gasteiger partial charge >= 0.3 is 0 Å². The van der Waals surface area contributed by atoms with Crippen molar-refractivity contribution in [2.75, 3.05) is 53.6 Å². The second kappa shape index (κ2) is 11.3. The van der Waals surface area contributed by atoms with Crippen LogP contribution in [0, 0.1) is 6.92 Å². The maximum absolute atomic E-state index is 5.27. The molecule has 0 aromatic carbocycles. The molecule has 0 amide bonds. The van der Waals surface area contributed by atoms with Gasteiger partial charge in [-0.15, -0.1) is 10.2 Å². The summed E-state index contributed by atoms with van der Waals surface area (Å²) in [6.45, 7) is 12.2. The van der Waals surface area contributed by atoms with Crippen molar-refractivity contribution >= 4 is 5.96 Å². The Hall–Kier alpha value is -1.71. The quantitative estimate of drug-likeness (QED) is 0.373. The molecule has 2 unspecified atom stereocenters. The lowest BCUT2D eigenvalue weighted by Gasteiger charge is -2.45. The van der Waals surface area contributed by atoms with Crippen molar-refractivity contribution in [3.05, 3.63) is 11.6 Å². The normalized spacial score (nSPS) is 21.4. The first kappa shape index (κ1) is 22.6. The molecule has 160 valence electrons. The summed E-state index contributed by atoms with van der Waals surface area (Å²) < 4.78 is 12.4. The van der Waals surface area contributed by atoms with Crippen LogP contribution in [-0.4, -0.2) is 96.2 Å². The molecule has 2 rings (SSSR count). The molecule has 9 heteroatoms. The zero-order valence-corrected chi connectivity index (χ0v) is 18.3. The predicted octanol–water partition coefficient (Wildman–Crippen LogP) is 0.647. The van der Waals surface area contributed by atoms with Gasteiger partial charge in [0, 0.05) is 66.1 Å². The summed E-state index contributed by atoms with van der Waals surface area (Å²) in [5, 5.41) is 11.9. The Labute approximate surface area is 169 Å². The number of nitrogens with one attached hydrogen (secondary N) is 1. The second-order valence-corrected chi connectivity index (χ2v) is 7.47. The zero-order valence-electron chi connectivity index (χ0n) is 18.3. The summed E-state index contributed by atoms with van der Waals surface area (Å²) in [6, 6.07) is 0.865. The molecule has 0 aliphatic carbocycles. The summed E-state index contributed by atoms with van der Waals surface area (Å²) >= 11 is 0. The molecule has 0 bridgehead atoms. The molecule has 1 aliphatic rings. The Balaban J connectivity index is 2.07. The van der Waals surface area contributed by atoms with Crippen molar-refractivity contribution in [2.24, 2.45) is 12.0 Å². The Morgan fingerprint density at radius 2 is 1.82 bits per heavy atom. The largest absolute Gasteiger partial charge is 0.385 e. The van der Waals surface area contributed by atoms with E-state index in [0.29, 0.717) is 18.6 Å². The van der Waals surface area contributed by atoms with E-state index in [1.165, 1.54) is 0 Å². The van der Waals surface area contributed by atoms with E-state index in [4.69, 9.17) is 14.5 Å². The molecule has 1 aliphatic heterocycles. The number of methoxy groups -OCH3 is 2. The van der Waals surface area contributed by atoms with E-state index < -0.39 is 0 Å². The first-order valence-corrected chi connectivity index (χ1v) is 10.1. The van der Waals surface area contributed by atoms with Crippen molar-refractivity contribution in [3.63, 3.8) is 0 Å². The van der Waals surface area contributed by atoms with E-state index in [1.54, 1.807) is 14.2 Å².